The van der Waals surface area contributed by atoms with E-state index in [0.29, 0.717) is 12.8 Å². The first-order chi connectivity index (χ1) is 14.1. The Morgan fingerprint density at radius 2 is 1.63 bits per heavy atom. The van der Waals surface area contributed by atoms with E-state index in [-0.39, 0.29) is 21.0 Å². The van der Waals surface area contributed by atoms with Gasteiger partial charge in [0.05, 0.1) is 16.1 Å². The van der Waals surface area contributed by atoms with Gasteiger partial charge in [-0.2, -0.15) is 13.2 Å². The van der Waals surface area contributed by atoms with E-state index in [1.807, 2.05) is 0 Å². The summed E-state index contributed by atoms with van der Waals surface area (Å²) in [6, 6.07) is 12.0. The van der Waals surface area contributed by atoms with Gasteiger partial charge in [0, 0.05) is 5.92 Å². The highest BCUT2D eigenvalue weighted by Crippen LogP contribution is 2.43. The topological polar surface area (TPSA) is 81.2 Å². The van der Waals surface area contributed by atoms with Crippen LogP contribution in [0.15, 0.2) is 53.4 Å². The number of ether oxygens (including phenoxy) is 1. The monoisotopic (exact) mass is 457 g/mol. The molecule has 1 unspecified atom stereocenters. The number of hydrogen-bond acceptors (Lipinski definition) is 5. The molecule has 0 spiro atoms. The summed E-state index contributed by atoms with van der Waals surface area (Å²) >= 11 is 5.97. The number of hydrogen-bond donors (Lipinski definition) is 1. The highest BCUT2D eigenvalue weighted by atomic mass is 35.5. The van der Waals surface area contributed by atoms with E-state index in [2.05, 4.69) is 14.7 Å². The van der Waals surface area contributed by atoms with Crippen molar-refractivity contribution in [1.29, 1.82) is 0 Å². The molecule has 30 heavy (non-hydrogen) atoms. The van der Waals surface area contributed by atoms with Crippen molar-refractivity contribution in [2.45, 2.75) is 30.0 Å². The highest BCUT2D eigenvalue weighted by molar-refractivity contribution is 7.92. The Kier molecular flexibility index (Phi) is 5.23. The zero-order valence-corrected chi connectivity index (χ0v) is 16.8. The summed E-state index contributed by atoms with van der Waals surface area (Å²) in [5.41, 5.74) is 0.557. The van der Waals surface area contributed by atoms with Crippen LogP contribution in [0.3, 0.4) is 0 Å². The first kappa shape index (κ1) is 20.7. The number of alkyl halides is 3. The Balaban J connectivity index is 1.78. The Bertz CT molecular complexity index is 1200. The fourth-order valence-electron chi connectivity index (χ4n) is 2.93. The van der Waals surface area contributed by atoms with Crippen molar-refractivity contribution in [1.82, 2.24) is 9.97 Å². The molecule has 0 bridgehead atoms. The number of para-hydroxylation sites is 2. The lowest BCUT2D eigenvalue weighted by Crippen LogP contribution is -2.37. The molecule has 0 saturated heterocycles. The third-order valence-electron chi connectivity index (χ3n) is 4.51. The minimum atomic E-state index is -4.63. The van der Waals surface area contributed by atoms with Gasteiger partial charge in [-0.15, -0.1) is 0 Å². The third-order valence-corrected chi connectivity index (χ3v) is 6.35. The first-order valence-electron chi connectivity index (χ1n) is 8.92. The van der Waals surface area contributed by atoms with Gasteiger partial charge >= 0.3 is 6.18 Å². The van der Waals surface area contributed by atoms with Crippen LogP contribution < -0.4 is 9.46 Å². The highest BCUT2D eigenvalue weighted by Gasteiger charge is 2.51. The van der Waals surface area contributed by atoms with Crippen molar-refractivity contribution < 1.29 is 26.3 Å². The van der Waals surface area contributed by atoms with E-state index in [0.717, 1.165) is 0 Å². The zero-order valence-electron chi connectivity index (χ0n) is 15.2. The molecule has 0 aliphatic heterocycles. The van der Waals surface area contributed by atoms with Crippen LogP contribution in [0.4, 0.5) is 19.0 Å². The van der Waals surface area contributed by atoms with Crippen molar-refractivity contribution in [3.63, 3.8) is 0 Å². The number of fused-ring (bicyclic) bond motifs is 1. The predicted octanol–water partition coefficient (Wildman–Crippen LogP) is 4.80. The third kappa shape index (κ3) is 4.29. The molecule has 0 amide bonds. The average Bonchev–Trinajstić information content (AvgIpc) is 3.50. The Morgan fingerprint density at radius 3 is 2.23 bits per heavy atom. The maximum absolute atomic E-state index is 13.5. The van der Waals surface area contributed by atoms with E-state index in [1.165, 1.54) is 18.2 Å². The summed E-state index contributed by atoms with van der Waals surface area (Å²) in [5.74, 6) is -1.69. The molecule has 1 saturated carbocycles. The molecule has 1 aliphatic carbocycles. The van der Waals surface area contributed by atoms with Gasteiger partial charge in [0.25, 0.3) is 15.9 Å². The molecule has 1 aromatic heterocycles. The minimum absolute atomic E-state index is 0.0487. The molecule has 1 atom stereocenters. The standard InChI is InChI=1S/C19H15ClF3N3O3S/c20-12-5-1-4-8-15(12)30(27,28)26-17-18(25-14-7-3-2-6-13(14)24-17)29-16(11-9-10-11)19(21,22)23/h1-8,11,16H,9-10H2,(H,24,26). The number of benzene rings is 2. The van der Waals surface area contributed by atoms with Gasteiger partial charge in [0.2, 0.25) is 5.82 Å². The second-order valence-electron chi connectivity index (χ2n) is 6.82. The Hall–Kier alpha value is -2.59. The predicted molar refractivity (Wildman–Crippen MR) is 105 cm³/mol. The summed E-state index contributed by atoms with van der Waals surface area (Å²) in [6.45, 7) is 0. The van der Waals surface area contributed by atoms with Crippen LogP contribution in [0.1, 0.15) is 12.8 Å². The van der Waals surface area contributed by atoms with Crippen molar-refractivity contribution in [3.8, 4) is 5.88 Å². The number of nitrogens with zero attached hydrogens (tertiary/aromatic N) is 2. The lowest BCUT2D eigenvalue weighted by molar-refractivity contribution is -0.201. The first-order valence-corrected chi connectivity index (χ1v) is 10.8. The lowest BCUT2D eigenvalue weighted by atomic mass is 10.2. The largest absolute Gasteiger partial charge is 0.462 e. The normalized spacial score (nSPS) is 15.7. The number of halogens is 4. The summed E-state index contributed by atoms with van der Waals surface area (Å²) in [4.78, 5) is 7.99. The van der Waals surface area contributed by atoms with E-state index in [4.69, 9.17) is 16.3 Å². The summed E-state index contributed by atoms with van der Waals surface area (Å²) < 4.78 is 73.4. The number of nitrogens with one attached hydrogen (secondary N) is 1. The Morgan fingerprint density at radius 1 is 1.03 bits per heavy atom. The van der Waals surface area contributed by atoms with E-state index in [1.54, 1.807) is 30.3 Å². The van der Waals surface area contributed by atoms with Crippen LogP contribution in [0.5, 0.6) is 5.88 Å². The number of aromatic nitrogens is 2. The van der Waals surface area contributed by atoms with Crippen molar-refractivity contribution in [2.24, 2.45) is 5.92 Å². The molecule has 3 aromatic rings. The molecule has 1 heterocycles. The lowest BCUT2D eigenvalue weighted by Gasteiger charge is -2.22. The van der Waals surface area contributed by atoms with Crippen LogP contribution in [-0.4, -0.2) is 30.7 Å². The molecule has 1 aliphatic rings. The van der Waals surface area contributed by atoms with Crippen molar-refractivity contribution in [3.05, 3.63) is 53.6 Å². The maximum Gasteiger partial charge on any atom is 0.425 e. The average molecular weight is 458 g/mol. The van der Waals surface area contributed by atoms with Gasteiger partial charge in [-0.25, -0.2) is 18.4 Å². The molecule has 158 valence electrons. The van der Waals surface area contributed by atoms with E-state index in [9.17, 15) is 21.6 Å². The molecule has 1 N–H and O–H groups in total. The van der Waals surface area contributed by atoms with Gasteiger partial charge in [0.1, 0.15) is 4.90 Å². The second-order valence-corrected chi connectivity index (χ2v) is 8.88. The molecular weight excluding hydrogens is 443 g/mol. The molecule has 6 nitrogen and oxygen atoms in total. The molecule has 11 heteroatoms. The van der Waals surface area contributed by atoms with Gasteiger partial charge in [-0.3, -0.25) is 4.72 Å². The van der Waals surface area contributed by atoms with Gasteiger partial charge in [0.15, 0.2) is 6.10 Å². The minimum Gasteiger partial charge on any atom is -0.462 e. The fraction of sp³-hybridized carbons (Fsp3) is 0.263. The van der Waals surface area contributed by atoms with Crippen LogP contribution in [-0.2, 0) is 10.0 Å². The number of rotatable bonds is 6. The van der Waals surface area contributed by atoms with Crippen molar-refractivity contribution in [2.75, 3.05) is 4.72 Å². The maximum atomic E-state index is 13.5. The van der Waals surface area contributed by atoms with Crippen LogP contribution in [0.2, 0.25) is 5.02 Å². The molecule has 4 rings (SSSR count). The fourth-order valence-corrected chi connectivity index (χ4v) is 4.45. The van der Waals surface area contributed by atoms with Gasteiger partial charge in [-0.1, -0.05) is 35.9 Å². The van der Waals surface area contributed by atoms with Gasteiger partial charge in [-0.05, 0) is 37.1 Å². The van der Waals surface area contributed by atoms with Crippen molar-refractivity contribution >= 4 is 38.5 Å². The summed E-state index contributed by atoms with van der Waals surface area (Å²) in [5, 5.41) is -0.0487. The number of anilines is 1. The molecular formula is C19H15ClF3N3O3S. The summed E-state index contributed by atoms with van der Waals surface area (Å²) in [7, 11) is -4.26. The summed E-state index contributed by atoms with van der Waals surface area (Å²) in [6.07, 6.45) is -6.00. The van der Waals surface area contributed by atoms with Gasteiger partial charge < -0.3 is 4.74 Å². The zero-order chi connectivity index (χ0) is 21.5. The number of sulfonamides is 1. The molecule has 2 aromatic carbocycles. The smallest absolute Gasteiger partial charge is 0.425 e. The van der Waals surface area contributed by atoms with E-state index < -0.39 is 39.9 Å². The van der Waals surface area contributed by atoms with Crippen LogP contribution >= 0.6 is 11.6 Å². The second kappa shape index (κ2) is 7.59. The van der Waals surface area contributed by atoms with E-state index >= 15 is 0 Å². The quantitative estimate of drug-likeness (QED) is 0.575. The van der Waals surface area contributed by atoms with Crippen LogP contribution in [0, 0.1) is 5.92 Å². The Labute approximate surface area is 175 Å². The molecule has 0 radical (unpaired) electrons. The molecule has 1 fully saturated rings. The SMILES string of the molecule is O=S(=O)(Nc1nc2ccccc2nc1OC(C1CC1)C(F)(F)F)c1ccccc1Cl. The van der Waals surface area contributed by atoms with Crippen LogP contribution in [0.25, 0.3) is 11.0 Å².